The summed E-state index contributed by atoms with van der Waals surface area (Å²) in [6, 6.07) is 16.0. The molecule has 0 bridgehead atoms. The monoisotopic (exact) mass is 386 g/mol. The summed E-state index contributed by atoms with van der Waals surface area (Å²) >= 11 is 7.81. The number of benzene rings is 1. The van der Waals surface area contributed by atoms with Crippen LogP contribution in [0.15, 0.2) is 60.1 Å². The van der Waals surface area contributed by atoms with Crippen molar-refractivity contribution in [1.29, 1.82) is 0 Å². The summed E-state index contributed by atoms with van der Waals surface area (Å²) in [5, 5.41) is 2.71. The molecule has 1 unspecified atom stereocenters. The molecule has 0 spiro atoms. The molecule has 1 aromatic carbocycles. The molecule has 3 rings (SSSR count). The molecule has 0 radical (unpaired) electrons. The van der Waals surface area contributed by atoms with E-state index in [9.17, 15) is 4.79 Å². The smallest absolute Gasteiger partial charge is 0.264 e. The van der Waals surface area contributed by atoms with Crippen LogP contribution in [0.3, 0.4) is 0 Å². The third-order valence-electron chi connectivity index (χ3n) is 4.67. The second-order valence-electron chi connectivity index (χ2n) is 6.39. The summed E-state index contributed by atoms with van der Waals surface area (Å²) in [5.74, 6) is 0.0971. The summed E-state index contributed by atoms with van der Waals surface area (Å²) in [7, 11) is 0. The van der Waals surface area contributed by atoms with Gasteiger partial charge < -0.3 is 9.47 Å². The Morgan fingerprint density at radius 1 is 1.19 bits per heavy atom. The predicted octanol–water partition coefficient (Wildman–Crippen LogP) is 5.69. The van der Waals surface area contributed by atoms with Crippen molar-refractivity contribution in [1.82, 2.24) is 9.47 Å². The first-order chi connectivity index (χ1) is 12.6. The van der Waals surface area contributed by atoms with Crippen LogP contribution >= 0.6 is 22.9 Å². The second kappa shape index (κ2) is 8.56. The fourth-order valence-corrected chi connectivity index (χ4v) is 3.80. The van der Waals surface area contributed by atoms with Crippen molar-refractivity contribution in [2.45, 2.75) is 39.4 Å². The molecule has 26 heavy (non-hydrogen) atoms. The average Bonchev–Trinajstić information content (AvgIpc) is 3.32. The van der Waals surface area contributed by atoms with Crippen molar-refractivity contribution in [3.05, 3.63) is 81.3 Å². The van der Waals surface area contributed by atoms with E-state index in [1.54, 1.807) is 0 Å². The number of carbonyl (C=O) groups excluding carboxylic acids is 1. The summed E-state index contributed by atoms with van der Waals surface area (Å²) < 4.78 is 2.16. The first-order valence-corrected chi connectivity index (χ1v) is 10.1. The van der Waals surface area contributed by atoms with Gasteiger partial charge in [-0.15, -0.1) is 11.3 Å². The largest absolute Gasteiger partial charge is 0.345 e. The van der Waals surface area contributed by atoms with Crippen molar-refractivity contribution < 1.29 is 4.79 Å². The van der Waals surface area contributed by atoms with Crippen LogP contribution in [-0.4, -0.2) is 21.4 Å². The second-order valence-corrected chi connectivity index (χ2v) is 7.74. The maximum atomic E-state index is 13.0. The lowest BCUT2D eigenvalue weighted by atomic mass is 10.2. The third-order valence-corrected chi connectivity index (χ3v) is 5.90. The number of nitrogens with zero attached hydrogens (tertiary/aromatic N) is 2. The Bertz CT molecular complexity index is 857. The summed E-state index contributed by atoms with van der Waals surface area (Å²) in [5.41, 5.74) is 2.18. The van der Waals surface area contributed by atoms with Gasteiger partial charge in [0.1, 0.15) is 0 Å². The van der Waals surface area contributed by atoms with E-state index in [2.05, 4.69) is 24.5 Å². The Kier molecular flexibility index (Phi) is 6.17. The van der Waals surface area contributed by atoms with Crippen LogP contribution in [0.1, 0.15) is 41.2 Å². The van der Waals surface area contributed by atoms with Crippen molar-refractivity contribution in [2.75, 3.05) is 0 Å². The number of thiophene rings is 1. The molecule has 3 aromatic rings. The number of rotatable bonds is 7. The van der Waals surface area contributed by atoms with Gasteiger partial charge in [-0.25, -0.2) is 0 Å². The standard InChI is InChI=1S/C21H23ClN2OS/c1-3-16(2)24(21(25)20-11-7-13-26-20)15-18-9-6-12-23(18)14-17-8-4-5-10-19(17)22/h4-13,16H,3,14-15H2,1-2H3. The Hall–Kier alpha value is -2.04. The number of carbonyl (C=O) groups is 1. The lowest BCUT2D eigenvalue weighted by molar-refractivity contribution is 0.0672. The predicted molar refractivity (Wildman–Crippen MR) is 109 cm³/mol. The van der Waals surface area contributed by atoms with Gasteiger partial charge in [0.25, 0.3) is 5.91 Å². The zero-order chi connectivity index (χ0) is 18.5. The highest BCUT2D eigenvalue weighted by Gasteiger charge is 2.22. The van der Waals surface area contributed by atoms with E-state index in [1.807, 2.05) is 58.9 Å². The van der Waals surface area contributed by atoms with Gasteiger partial charge in [-0.3, -0.25) is 4.79 Å². The van der Waals surface area contributed by atoms with E-state index >= 15 is 0 Å². The molecule has 0 aliphatic heterocycles. The maximum absolute atomic E-state index is 13.0. The minimum atomic E-state index is 0.0971. The third kappa shape index (κ3) is 4.19. The van der Waals surface area contributed by atoms with E-state index < -0.39 is 0 Å². The van der Waals surface area contributed by atoms with E-state index in [-0.39, 0.29) is 11.9 Å². The number of hydrogen-bond donors (Lipinski definition) is 0. The van der Waals surface area contributed by atoms with Crippen molar-refractivity contribution in [3.8, 4) is 0 Å². The first kappa shape index (κ1) is 18.7. The number of hydrogen-bond acceptors (Lipinski definition) is 2. The van der Waals surface area contributed by atoms with E-state index in [1.165, 1.54) is 11.3 Å². The van der Waals surface area contributed by atoms with Gasteiger partial charge in [0.15, 0.2) is 0 Å². The molecule has 0 saturated heterocycles. The van der Waals surface area contributed by atoms with Gasteiger partial charge in [-0.1, -0.05) is 42.8 Å². The molecule has 0 fully saturated rings. The topological polar surface area (TPSA) is 25.2 Å². The van der Waals surface area contributed by atoms with E-state index in [4.69, 9.17) is 11.6 Å². The molecule has 0 saturated carbocycles. The quantitative estimate of drug-likeness (QED) is 0.511. The maximum Gasteiger partial charge on any atom is 0.264 e. The molecule has 0 aliphatic carbocycles. The van der Waals surface area contributed by atoms with Gasteiger partial charge in [0.2, 0.25) is 0 Å². The molecule has 1 amide bonds. The minimum Gasteiger partial charge on any atom is -0.345 e. The Morgan fingerprint density at radius 2 is 2.00 bits per heavy atom. The van der Waals surface area contributed by atoms with Gasteiger partial charge in [-0.2, -0.15) is 0 Å². The number of amides is 1. The van der Waals surface area contributed by atoms with Crippen LogP contribution in [0.25, 0.3) is 0 Å². The van der Waals surface area contributed by atoms with Crippen LogP contribution in [-0.2, 0) is 13.1 Å². The zero-order valence-corrected chi connectivity index (χ0v) is 16.6. The average molecular weight is 387 g/mol. The highest BCUT2D eigenvalue weighted by atomic mass is 35.5. The SMILES string of the molecule is CCC(C)N(Cc1cccn1Cc1ccccc1Cl)C(=O)c1cccs1. The highest BCUT2D eigenvalue weighted by Crippen LogP contribution is 2.21. The summed E-state index contributed by atoms with van der Waals surface area (Å²) in [6.07, 6.45) is 2.96. The lowest BCUT2D eigenvalue weighted by Gasteiger charge is -2.29. The number of aromatic nitrogens is 1. The van der Waals surface area contributed by atoms with Crippen LogP contribution in [0.4, 0.5) is 0 Å². The minimum absolute atomic E-state index is 0.0971. The van der Waals surface area contributed by atoms with Crippen LogP contribution in [0.5, 0.6) is 0 Å². The molecule has 1 atom stereocenters. The molecule has 3 nitrogen and oxygen atoms in total. The molecular weight excluding hydrogens is 364 g/mol. The van der Waals surface area contributed by atoms with Crippen molar-refractivity contribution >= 4 is 28.8 Å². The molecule has 2 aromatic heterocycles. The Morgan fingerprint density at radius 3 is 2.69 bits per heavy atom. The van der Waals surface area contributed by atoms with E-state index in [0.717, 1.165) is 27.6 Å². The fourth-order valence-electron chi connectivity index (χ4n) is 2.92. The highest BCUT2D eigenvalue weighted by molar-refractivity contribution is 7.12. The molecule has 136 valence electrons. The molecule has 0 N–H and O–H groups in total. The normalized spacial score (nSPS) is 12.1. The zero-order valence-electron chi connectivity index (χ0n) is 15.1. The lowest BCUT2D eigenvalue weighted by Crippen LogP contribution is -2.38. The van der Waals surface area contributed by atoms with Gasteiger partial charge in [0.05, 0.1) is 11.4 Å². The summed E-state index contributed by atoms with van der Waals surface area (Å²) in [4.78, 5) is 15.7. The van der Waals surface area contributed by atoms with Gasteiger partial charge in [-0.05, 0) is 48.6 Å². The summed E-state index contributed by atoms with van der Waals surface area (Å²) in [6.45, 7) is 5.50. The number of halogens is 1. The first-order valence-electron chi connectivity index (χ1n) is 8.82. The van der Waals surface area contributed by atoms with Crippen LogP contribution in [0.2, 0.25) is 5.02 Å². The Labute approximate surface area is 163 Å². The molecular formula is C21H23ClN2OS. The fraction of sp³-hybridized carbons (Fsp3) is 0.286. The van der Waals surface area contributed by atoms with E-state index in [0.29, 0.717) is 13.1 Å². The van der Waals surface area contributed by atoms with Crippen LogP contribution in [0, 0.1) is 0 Å². The molecule has 2 heterocycles. The van der Waals surface area contributed by atoms with Gasteiger partial charge >= 0.3 is 0 Å². The molecule has 5 heteroatoms. The van der Waals surface area contributed by atoms with Crippen molar-refractivity contribution in [3.63, 3.8) is 0 Å². The van der Waals surface area contributed by atoms with Crippen LogP contribution < -0.4 is 0 Å². The Balaban J connectivity index is 1.83. The molecule has 0 aliphatic rings. The van der Waals surface area contributed by atoms with Gasteiger partial charge in [0, 0.05) is 29.5 Å². The van der Waals surface area contributed by atoms with Crippen molar-refractivity contribution in [2.24, 2.45) is 0 Å².